The maximum atomic E-state index is 12.2. The molecule has 0 bridgehead atoms. The van der Waals surface area contributed by atoms with E-state index >= 15 is 0 Å². The molecule has 3 aromatic rings. The molecule has 0 spiro atoms. The predicted octanol–water partition coefficient (Wildman–Crippen LogP) is 4.44. The Labute approximate surface area is 166 Å². The Bertz CT molecular complexity index is 959. The van der Waals surface area contributed by atoms with Crippen LogP contribution in [0.2, 0.25) is 10.0 Å². The van der Waals surface area contributed by atoms with E-state index < -0.39 is 6.10 Å². The van der Waals surface area contributed by atoms with E-state index in [1.54, 1.807) is 25.1 Å². The van der Waals surface area contributed by atoms with Crippen molar-refractivity contribution < 1.29 is 14.1 Å². The lowest BCUT2D eigenvalue weighted by Crippen LogP contribution is -2.36. The minimum atomic E-state index is -0.761. The molecule has 27 heavy (non-hydrogen) atoms. The number of amides is 1. The van der Waals surface area contributed by atoms with Crippen LogP contribution in [0, 0.1) is 6.92 Å². The van der Waals surface area contributed by atoms with E-state index in [1.807, 2.05) is 31.2 Å². The Morgan fingerprint density at radius 2 is 2.07 bits per heavy atom. The third-order valence-electron chi connectivity index (χ3n) is 3.73. The smallest absolute Gasteiger partial charge is 0.261 e. The lowest BCUT2D eigenvalue weighted by molar-refractivity contribution is -0.127. The summed E-state index contributed by atoms with van der Waals surface area (Å²) in [6, 6.07) is 12.6. The van der Waals surface area contributed by atoms with Crippen molar-refractivity contribution in [2.45, 2.75) is 26.5 Å². The third-order valence-corrected chi connectivity index (χ3v) is 4.26. The molecule has 1 amide bonds. The molecule has 0 unspecified atom stereocenters. The number of halogens is 2. The van der Waals surface area contributed by atoms with Gasteiger partial charge in [-0.05, 0) is 38.1 Å². The molecule has 0 radical (unpaired) electrons. The maximum Gasteiger partial charge on any atom is 0.261 e. The summed E-state index contributed by atoms with van der Waals surface area (Å²) >= 11 is 11.9. The van der Waals surface area contributed by atoms with Gasteiger partial charge in [-0.1, -0.05) is 52.1 Å². The van der Waals surface area contributed by atoms with Gasteiger partial charge in [-0.25, -0.2) is 0 Å². The minimum Gasteiger partial charge on any atom is -0.479 e. The van der Waals surface area contributed by atoms with E-state index in [-0.39, 0.29) is 12.5 Å². The summed E-state index contributed by atoms with van der Waals surface area (Å²) in [7, 11) is 0. The van der Waals surface area contributed by atoms with Gasteiger partial charge in [0, 0.05) is 10.6 Å². The highest BCUT2D eigenvalue weighted by Gasteiger charge is 2.17. The van der Waals surface area contributed by atoms with Gasteiger partial charge in [-0.2, -0.15) is 4.98 Å². The first-order valence-electron chi connectivity index (χ1n) is 8.21. The molecule has 6 nitrogen and oxygen atoms in total. The standard InChI is InChI=1S/C19H17Cl2N3O3/c1-11-4-3-5-13(8-11)18-23-17(27-24-18)10-22-19(25)12(2)26-16-7-6-14(20)9-15(16)21/h3-9,12H,10H2,1-2H3,(H,22,25)/t12-/m1/s1. The van der Waals surface area contributed by atoms with Crippen molar-refractivity contribution in [1.82, 2.24) is 15.5 Å². The second-order valence-corrected chi connectivity index (χ2v) is 6.78. The number of hydrogen-bond acceptors (Lipinski definition) is 5. The van der Waals surface area contributed by atoms with Gasteiger partial charge in [-0.15, -0.1) is 0 Å². The van der Waals surface area contributed by atoms with Crippen LogP contribution >= 0.6 is 23.2 Å². The van der Waals surface area contributed by atoms with Crippen molar-refractivity contribution in [2.75, 3.05) is 0 Å². The summed E-state index contributed by atoms with van der Waals surface area (Å²) in [4.78, 5) is 16.5. The van der Waals surface area contributed by atoms with Crippen molar-refractivity contribution in [1.29, 1.82) is 0 Å². The molecule has 0 aliphatic heterocycles. The van der Waals surface area contributed by atoms with Gasteiger partial charge in [-0.3, -0.25) is 4.79 Å². The quantitative estimate of drug-likeness (QED) is 0.655. The lowest BCUT2D eigenvalue weighted by Gasteiger charge is -2.15. The minimum absolute atomic E-state index is 0.0969. The van der Waals surface area contributed by atoms with Gasteiger partial charge in [0.1, 0.15) is 5.75 Å². The number of ether oxygens (including phenoxy) is 1. The van der Waals surface area contributed by atoms with Crippen LogP contribution in [-0.4, -0.2) is 22.2 Å². The zero-order valence-corrected chi connectivity index (χ0v) is 16.2. The van der Waals surface area contributed by atoms with E-state index in [4.69, 9.17) is 32.5 Å². The van der Waals surface area contributed by atoms with E-state index in [9.17, 15) is 4.79 Å². The first-order valence-corrected chi connectivity index (χ1v) is 8.97. The largest absolute Gasteiger partial charge is 0.479 e. The summed E-state index contributed by atoms with van der Waals surface area (Å²) in [5, 5.41) is 7.46. The Hall–Kier alpha value is -2.57. The number of carbonyl (C=O) groups is 1. The molecule has 2 aromatic carbocycles. The lowest BCUT2D eigenvalue weighted by atomic mass is 10.1. The summed E-state index contributed by atoms with van der Waals surface area (Å²) in [5.41, 5.74) is 1.95. The molecule has 1 heterocycles. The highest BCUT2D eigenvalue weighted by atomic mass is 35.5. The fraction of sp³-hybridized carbons (Fsp3) is 0.211. The highest BCUT2D eigenvalue weighted by molar-refractivity contribution is 6.35. The number of hydrogen-bond donors (Lipinski definition) is 1. The number of aryl methyl sites for hydroxylation is 1. The van der Waals surface area contributed by atoms with Crippen molar-refractivity contribution in [3.05, 3.63) is 64.0 Å². The van der Waals surface area contributed by atoms with Gasteiger partial charge < -0.3 is 14.6 Å². The van der Waals surface area contributed by atoms with Crippen molar-refractivity contribution in [2.24, 2.45) is 0 Å². The number of benzene rings is 2. The molecule has 140 valence electrons. The molecule has 0 aliphatic rings. The Kier molecular flexibility index (Phi) is 5.98. The number of nitrogens with one attached hydrogen (secondary N) is 1. The second-order valence-electron chi connectivity index (χ2n) is 5.93. The van der Waals surface area contributed by atoms with Gasteiger partial charge in [0.15, 0.2) is 6.10 Å². The molecular formula is C19H17Cl2N3O3. The molecular weight excluding hydrogens is 389 g/mol. The predicted molar refractivity (Wildman–Crippen MR) is 103 cm³/mol. The van der Waals surface area contributed by atoms with E-state index in [2.05, 4.69) is 15.5 Å². The first-order chi connectivity index (χ1) is 12.9. The molecule has 1 atom stereocenters. The van der Waals surface area contributed by atoms with Gasteiger partial charge in [0.05, 0.1) is 11.6 Å². The number of aromatic nitrogens is 2. The fourth-order valence-corrected chi connectivity index (χ4v) is 2.80. The number of carbonyl (C=O) groups excluding carboxylic acids is 1. The van der Waals surface area contributed by atoms with E-state index in [0.717, 1.165) is 11.1 Å². The molecule has 1 aromatic heterocycles. The van der Waals surface area contributed by atoms with Crippen LogP contribution in [-0.2, 0) is 11.3 Å². The van der Waals surface area contributed by atoms with Crippen molar-refractivity contribution >= 4 is 29.1 Å². The molecule has 1 N–H and O–H groups in total. The summed E-state index contributed by atoms with van der Waals surface area (Å²) in [5.74, 6) is 0.816. The molecule has 8 heteroatoms. The molecule has 0 fully saturated rings. The van der Waals surface area contributed by atoms with Gasteiger partial charge in [0.2, 0.25) is 11.7 Å². The van der Waals surface area contributed by atoms with Crippen molar-refractivity contribution in [3.8, 4) is 17.1 Å². The molecule has 0 saturated heterocycles. The van der Waals surface area contributed by atoms with Crippen LogP contribution in [0.5, 0.6) is 5.75 Å². The van der Waals surface area contributed by atoms with Crippen LogP contribution in [0.3, 0.4) is 0 Å². The summed E-state index contributed by atoms with van der Waals surface area (Å²) in [6.07, 6.45) is -0.761. The first kappa shape index (κ1) is 19.2. The van der Waals surface area contributed by atoms with Gasteiger partial charge in [0.25, 0.3) is 5.91 Å². The molecule has 3 rings (SSSR count). The summed E-state index contributed by atoms with van der Waals surface area (Å²) < 4.78 is 10.8. The normalized spacial score (nSPS) is 11.9. The SMILES string of the molecule is Cc1cccc(-c2noc(CNC(=O)[C@@H](C)Oc3ccc(Cl)cc3Cl)n2)c1. The average molecular weight is 406 g/mol. The molecule has 0 aliphatic carbocycles. The average Bonchev–Trinajstić information content (AvgIpc) is 3.11. The van der Waals surface area contributed by atoms with Gasteiger partial charge >= 0.3 is 0 Å². The zero-order chi connectivity index (χ0) is 19.4. The highest BCUT2D eigenvalue weighted by Crippen LogP contribution is 2.28. The van der Waals surface area contributed by atoms with Crippen LogP contribution in [0.1, 0.15) is 18.4 Å². The second kappa shape index (κ2) is 8.41. The Morgan fingerprint density at radius 1 is 1.26 bits per heavy atom. The van der Waals surface area contributed by atoms with Crippen LogP contribution in [0.15, 0.2) is 47.0 Å². The number of nitrogens with zero attached hydrogens (tertiary/aromatic N) is 2. The topological polar surface area (TPSA) is 77.2 Å². The number of rotatable bonds is 6. The van der Waals surface area contributed by atoms with Crippen LogP contribution in [0.4, 0.5) is 0 Å². The molecule has 0 saturated carbocycles. The zero-order valence-electron chi connectivity index (χ0n) is 14.7. The van der Waals surface area contributed by atoms with Crippen LogP contribution < -0.4 is 10.1 Å². The van der Waals surface area contributed by atoms with E-state index in [0.29, 0.717) is 27.5 Å². The Morgan fingerprint density at radius 3 is 2.81 bits per heavy atom. The van der Waals surface area contributed by atoms with Crippen LogP contribution in [0.25, 0.3) is 11.4 Å². The third kappa shape index (κ3) is 4.99. The Balaban J connectivity index is 1.57. The summed E-state index contributed by atoms with van der Waals surface area (Å²) in [6.45, 7) is 3.70. The fourth-order valence-electron chi connectivity index (χ4n) is 2.35. The van der Waals surface area contributed by atoms with E-state index in [1.165, 1.54) is 0 Å². The monoisotopic (exact) mass is 405 g/mol. The van der Waals surface area contributed by atoms with Crippen molar-refractivity contribution in [3.63, 3.8) is 0 Å². The maximum absolute atomic E-state index is 12.2.